The van der Waals surface area contributed by atoms with E-state index >= 15 is 0 Å². The molecular weight excluding hydrogens is 170 g/mol. The molecule has 0 aliphatic rings. The van der Waals surface area contributed by atoms with Crippen molar-refractivity contribution in [1.29, 1.82) is 0 Å². The summed E-state index contributed by atoms with van der Waals surface area (Å²) < 4.78 is 27.4. The van der Waals surface area contributed by atoms with Gasteiger partial charge >= 0.3 is 5.25 Å². The van der Waals surface area contributed by atoms with Crippen LogP contribution in [-0.2, 0) is 14.2 Å². The maximum Gasteiger partial charge on any atom is 0.378 e. The van der Waals surface area contributed by atoms with Gasteiger partial charge in [-0.1, -0.05) is 5.04 Å². The van der Waals surface area contributed by atoms with Crippen LogP contribution in [0.5, 0.6) is 0 Å². The molecule has 0 amide bonds. The maximum atomic E-state index is 12.0. The Morgan fingerprint density at radius 2 is 2.20 bits per heavy atom. The Labute approximate surface area is 59.2 Å². The van der Waals surface area contributed by atoms with E-state index < -0.39 is 23.1 Å². The summed E-state index contributed by atoms with van der Waals surface area (Å²) in [6, 6.07) is 0. The van der Waals surface area contributed by atoms with Crippen molar-refractivity contribution in [2.24, 2.45) is 0 Å². The molecule has 0 saturated carbocycles. The summed E-state index contributed by atoms with van der Waals surface area (Å²) in [7, 11) is 0. The van der Waals surface area contributed by atoms with Gasteiger partial charge in [-0.15, -0.1) is 4.33 Å². The van der Waals surface area contributed by atoms with Gasteiger partial charge in [-0.2, -0.15) is 8.78 Å². The number of hydrogen-bond acceptors (Lipinski definition) is 5. The van der Waals surface area contributed by atoms with Gasteiger partial charge in [0.1, 0.15) is 12.0 Å². The molecule has 60 valence electrons. The standard InChI is InChI=1S/C3H4F2O4S/c1-2(6)3(4,5)10-9-8-7/h7H,1H3. The van der Waals surface area contributed by atoms with Crippen LogP contribution in [0.2, 0.25) is 0 Å². The third-order valence-electron chi connectivity index (χ3n) is 0.579. The van der Waals surface area contributed by atoms with Gasteiger partial charge in [0, 0.05) is 6.92 Å². The normalized spacial score (nSPS) is 11.6. The molecule has 10 heavy (non-hydrogen) atoms. The van der Waals surface area contributed by atoms with Crippen LogP contribution in [-0.4, -0.2) is 16.3 Å². The van der Waals surface area contributed by atoms with E-state index in [1.807, 2.05) is 0 Å². The summed E-state index contributed by atoms with van der Waals surface area (Å²) in [6.45, 7) is 0.688. The highest BCUT2D eigenvalue weighted by atomic mass is 32.2. The fourth-order valence-electron chi connectivity index (χ4n) is 0.117. The second kappa shape index (κ2) is 3.81. The number of Topliss-reactive ketones (excluding diaryl/α,β-unsaturated/α-hetero) is 1. The molecule has 0 heterocycles. The smallest absolute Gasteiger partial charge is 0.292 e. The van der Waals surface area contributed by atoms with Crippen LogP contribution < -0.4 is 0 Å². The van der Waals surface area contributed by atoms with Crippen LogP contribution in [0.15, 0.2) is 0 Å². The zero-order valence-corrected chi connectivity index (χ0v) is 5.65. The topological polar surface area (TPSA) is 55.8 Å². The number of rotatable bonds is 4. The van der Waals surface area contributed by atoms with E-state index in [0.29, 0.717) is 6.92 Å². The Balaban J connectivity index is 3.75. The van der Waals surface area contributed by atoms with E-state index in [4.69, 9.17) is 5.26 Å². The Kier molecular flexibility index (Phi) is 3.72. The lowest BCUT2D eigenvalue weighted by atomic mass is 10.5. The summed E-state index contributed by atoms with van der Waals surface area (Å²) in [5.41, 5.74) is 0. The molecule has 0 spiro atoms. The van der Waals surface area contributed by atoms with Crippen molar-refractivity contribution < 1.29 is 28.2 Å². The van der Waals surface area contributed by atoms with Crippen LogP contribution in [0, 0.1) is 0 Å². The van der Waals surface area contributed by atoms with Crippen molar-refractivity contribution >= 4 is 17.8 Å². The summed E-state index contributed by atoms with van der Waals surface area (Å²) in [6.07, 6.45) is 0. The van der Waals surface area contributed by atoms with Gasteiger partial charge in [-0.3, -0.25) is 4.79 Å². The third-order valence-corrected chi connectivity index (χ3v) is 1.20. The molecule has 0 aromatic carbocycles. The van der Waals surface area contributed by atoms with Gasteiger partial charge in [-0.05, 0) is 0 Å². The van der Waals surface area contributed by atoms with Gasteiger partial charge in [-0.25, -0.2) is 5.26 Å². The largest absolute Gasteiger partial charge is 0.378 e. The van der Waals surface area contributed by atoms with E-state index in [9.17, 15) is 13.6 Å². The van der Waals surface area contributed by atoms with Crippen LogP contribution in [0.1, 0.15) is 6.92 Å². The molecule has 0 aromatic heterocycles. The average molecular weight is 174 g/mol. The Hall–Kier alpha value is -0.240. The Bertz CT molecular complexity index is 128. The Morgan fingerprint density at radius 1 is 1.70 bits per heavy atom. The molecular formula is C3H4F2O4S. The van der Waals surface area contributed by atoms with E-state index in [1.54, 1.807) is 0 Å². The van der Waals surface area contributed by atoms with Crippen LogP contribution in [0.25, 0.3) is 0 Å². The van der Waals surface area contributed by atoms with Gasteiger partial charge in [0.25, 0.3) is 0 Å². The number of halogens is 2. The third kappa shape index (κ3) is 3.06. The number of ketones is 1. The highest BCUT2D eigenvalue weighted by molar-refractivity contribution is 7.96. The first kappa shape index (κ1) is 9.76. The molecule has 4 nitrogen and oxygen atoms in total. The molecule has 0 atom stereocenters. The molecule has 7 heteroatoms. The first-order chi connectivity index (χ1) is 4.50. The number of alkyl halides is 2. The second-order valence-corrected chi connectivity index (χ2v) is 2.11. The minimum Gasteiger partial charge on any atom is -0.292 e. The lowest BCUT2D eigenvalue weighted by Gasteiger charge is -2.06. The van der Waals surface area contributed by atoms with E-state index in [0.717, 1.165) is 0 Å². The first-order valence-electron chi connectivity index (χ1n) is 2.05. The first-order valence-corrected chi connectivity index (χ1v) is 2.79. The minimum absolute atomic E-state index is 0.568. The van der Waals surface area contributed by atoms with Crippen molar-refractivity contribution in [3.05, 3.63) is 0 Å². The van der Waals surface area contributed by atoms with Gasteiger partial charge < -0.3 is 0 Å². The molecule has 0 bridgehead atoms. The van der Waals surface area contributed by atoms with Gasteiger partial charge in [0.05, 0.1) is 0 Å². The lowest BCUT2D eigenvalue weighted by molar-refractivity contribution is -0.433. The summed E-state index contributed by atoms with van der Waals surface area (Å²) in [5.74, 6) is -1.38. The highest BCUT2D eigenvalue weighted by Gasteiger charge is 2.38. The van der Waals surface area contributed by atoms with Crippen molar-refractivity contribution in [3.63, 3.8) is 0 Å². The summed E-state index contributed by atoms with van der Waals surface area (Å²) in [5, 5.41) is 6.60. The molecule has 0 saturated heterocycles. The van der Waals surface area contributed by atoms with Crippen LogP contribution in [0.3, 0.4) is 0 Å². The van der Waals surface area contributed by atoms with E-state index in [2.05, 4.69) is 9.37 Å². The predicted octanol–water partition coefficient (Wildman–Crippen LogP) is 1.24. The van der Waals surface area contributed by atoms with Gasteiger partial charge in [0.15, 0.2) is 0 Å². The second-order valence-electron chi connectivity index (χ2n) is 1.30. The molecule has 0 aliphatic heterocycles. The van der Waals surface area contributed by atoms with Gasteiger partial charge in [0.2, 0.25) is 5.78 Å². The SMILES string of the molecule is CC(=O)C(F)(F)SOOO. The Morgan fingerprint density at radius 3 is 2.50 bits per heavy atom. The molecule has 0 aromatic rings. The average Bonchev–Trinajstić information content (AvgIpc) is 1.84. The molecule has 0 fully saturated rings. The maximum absolute atomic E-state index is 12.0. The molecule has 0 radical (unpaired) electrons. The molecule has 1 N–H and O–H groups in total. The van der Waals surface area contributed by atoms with Crippen LogP contribution >= 0.6 is 12.0 Å². The van der Waals surface area contributed by atoms with Crippen LogP contribution in [0.4, 0.5) is 8.78 Å². The molecule has 0 aliphatic carbocycles. The number of carbonyl (C=O) groups is 1. The van der Waals surface area contributed by atoms with E-state index in [1.165, 1.54) is 0 Å². The monoisotopic (exact) mass is 174 g/mol. The van der Waals surface area contributed by atoms with Crippen molar-refractivity contribution in [3.8, 4) is 0 Å². The quantitative estimate of drug-likeness (QED) is 0.394. The zero-order valence-electron chi connectivity index (χ0n) is 4.84. The molecule has 0 rings (SSSR count). The highest BCUT2D eigenvalue weighted by Crippen LogP contribution is 2.30. The number of carbonyl (C=O) groups excluding carboxylic acids is 1. The van der Waals surface area contributed by atoms with Crippen molar-refractivity contribution in [2.45, 2.75) is 12.2 Å². The summed E-state index contributed by atoms with van der Waals surface area (Å²) >= 11 is -0.568. The minimum atomic E-state index is -3.68. The lowest BCUT2D eigenvalue weighted by Crippen LogP contribution is -2.21. The van der Waals surface area contributed by atoms with Crippen molar-refractivity contribution in [1.82, 2.24) is 0 Å². The van der Waals surface area contributed by atoms with E-state index in [-0.39, 0.29) is 0 Å². The van der Waals surface area contributed by atoms with Crippen molar-refractivity contribution in [2.75, 3.05) is 0 Å². The molecule has 0 unspecified atom stereocenters. The zero-order chi connectivity index (χ0) is 8.20. The fourth-order valence-corrected chi connectivity index (χ4v) is 0.350. The predicted molar refractivity (Wildman–Crippen MR) is 28.0 cm³/mol. The fraction of sp³-hybridized carbons (Fsp3) is 0.667. The summed E-state index contributed by atoms with van der Waals surface area (Å²) in [4.78, 5) is 9.98. The number of hydrogen-bond donors (Lipinski definition) is 1.